The van der Waals surface area contributed by atoms with Crippen LogP contribution in [0.4, 0.5) is 0 Å². The van der Waals surface area contributed by atoms with Crippen LogP contribution in [0.15, 0.2) is 5.38 Å². The van der Waals surface area contributed by atoms with E-state index in [0.717, 1.165) is 19.0 Å². The van der Waals surface area contributed by atoms with Crippen molar-refractivity contribution < 1.29 is 0 Å². The number of hydrogen-bond acceptors (Lipinski definition) is 4. The highest BCUT2D eigenvalue weighted by atomic mass is 32.1. The maximum absolute atomic E-state index is 5.04. The third-order valence-electron chi connectivity index (χ3n) is 4.75. The van der Waals surface area contributed by atoms with Crippen LogP contribution in [-0.4, -0.2) is 36.1 Å². The van der Waals surface area contributed by atoms with Crippen molar-refractivity contribution in [2.75, 3.05) is 26.2 Å². The molecule has 112 valence electrons. The molecule has 2 heterocycles. The Balaban J connectivity index is 1.72. The fourth-order valence-electron chi connectivity index (χ4n) is 3.59. The minimum atomic E-state index is 0.558. The summed E-state index contributed by atoms with van der Waals surface area (Å²) < 4.78 is 0. The Kier molecular flexibility index (Phi) is 5.08. The summed E-state index contributed by atoms with van der Waals surface area (Å²) in [7, 11) is 0. The van der Waals surface area contributed by atoms with E-state index in [1.807, 2.05) is 11.3 Å². The molecular weight excluding hydrogens is 266 g/mol. The Morgan fingerprint density at radius 2 is 2.10 bits per heavy atom. The smallest absolute Gasteiger partial charge is 0.110 e. The first-order valence-corrected chi connectivity index (χ1v) is 9.16. The van der Waals surface area contributed by atoms with Crippen molar-refractivity contribution in [1.82, 2.24) is 15.2 Å². The molecular formula is C16H27N3S. The van der Waals surface area contributed by atoms with Crippen LogP contribution in [0.5, 0.6) is 0 Å². The molecule has 2 fully saturated rings. The van der Waals surface area contributed by atoms with Gasteiger partial charge in [0.1, 0.15) is 5.01 Å². The fraction of sp³-hybridized carbons (Fsp3) is 0.812. The minimum absolute atomic E-state index is 0.558. The third kappa shape index (κ3) is 3.23. The summed E-state index contributed by atoms with van der Waals surface area (Å²) in [4.78, 5) is 7.68. The standard InChI is InChI=1S/C16H27N3S/c1-2-5-15(19-10-8-17-9-11-19)16-18-14(12-20-16)13-6-3-4-7-13/h12-13,15,17H,2-11H2,1H3. The van der Waals surface area contributed by atoms with Gasteiger partial charge in [0.15, 0.2) is 0 Å². The van der Waals surface area contributed by atoms with Crippen LogP contribution in [0.2, 0.25) is 0 Å². The lowest BCUT2D eigenvalue weighted by atomic mass is 10.1. The SMILES string of the molecule is CCCC(c1nc(C2CCCC2)cs1)N1CCNCC1. The molecule has 1 saturated carbocycles. The van der Waals surface area contributed by atoms with Crippen LogP contribution < -0.4 is 5.32 Å². The molecule has 0 spiro atoms. The number of nitrogens with one attached hydrogen (secondary N) is 1. The van der Waals surface area contributed by atoms with Gasteiger partial charge in [-0.1, -0.05) is 26.2 Å². The molecule has 1 aliphatic carbocycles. The highest BCUT2D eigenvalue weighted by Crippen LogP contribution is 2.37. The van der Waals surface area contributed by atoms with Gasteiger partial charge in [-0.15, -0.1) is 11.3 Å². The van der Waals surface area contributed by atoms with E-state index in [0.29, 0.717) is 6.04 Å². The van der Waals surface area contributed by atoms with Gasteiger partial charge in [-0.05, 0) is 19.3 Å². The summed E-state index contributed by atoms with van der Waals surface area (Å²) in [6, 6.07) is 0.558. The number of thiazole rings is 1. The number of piperazine rings is 1. The van der Waals surface area contributed by atoms with Gasteiger partial charge in [-0.2, -0.15) is 0 Å². The van der Waals surface area contributed by atoms with E-state index in [4.69, 9.17) is 4.98 Å². The largest absolute Gasteiger partial charge is 0.314 e. The lowest BCUT2D eigenvalue weighted by molar-refractivity contribution is 0.164. The Bertz CT molecular complexity index is 406. The molecule has 1 unspecified atom stereocenters. The molecule has 1 atom stereocenters. The highest BCUT2D eigenvalue weighted by molar-refractivity contribution is 7.09. The van der Waals surface area contributed by atoms with Crippen molar-refractivity contribution in [2.24, 2.45) is 0 Å². The van der Waals surface area contributed by atoms with Gasteiger partial charge < -0.3 is 5.32 Å². The maximum atomic E-state index is 5.04. The lowest BCUT2D eigenvalue weighted by Crippen LogP contribution is -2.45. The Morgan fingerprint density at radius 3 is 2.80 bits per heavy atom. The van der Waals surface area contributed by atoms with Crippen LogP contribution in [0.3, 0.4) is 0 Å². The first-order chi connectivity index (χ1) is 9.88. The second-order valence-electron chi connectivity index (χ2n) is 6.18. The average Bonchev–Trinajstić information content (AvgIpc) is 3.16. The van der Waals surface area contributed by atoms with Crippen molar-refractivity contribution in [3.8, 4) is 0 Å². The molecule has 1 N–H and O–H groups in total. The molecule has 4 heteroatoms. The second kappa shape index (κ2) is 7.01. The average molecular weight is 293 g/mol. The van der Waals surface area contributed by atoms with E-state index >= 15 is 0 Å². The molecule has 3 nitrogen and oxygen atoms in total. The first-order valence-electron chi connectivity index (χ1n) is 8.28. The normalized spacial score (nSPS) is 23.2. The van der Waals surface area contributed by atoms with Crippen molar-refractivity contribution in [3.63, 3.8) is 0 Å². The molecule has 20 heavy (non-hydrogen) atoms. The van der Waals surface area contributed by atoms with E-state index in [1.54, 1.807) is 0 Å². The fourth-order valence-corrected chi connectivity index (χ4v) is 4.66. The zero-order chi connectivity index (χ0) is 13.8. The van der Waals surface area contributed by atoms with Gasteiger partial charge in [0.25, 0.3) is 0 Å². The van der Waals surface area contributed by atoms with Gasteiger partial charge in [-0.3, -0.25) is 4.90 Å². The number of rotatable bonds is 5. The molecule has 3 rings (SSSR count). The van der Waals surface area contributed by atoms with Gasteiger partial charge >= 0.3 is 0 Å². The number of aromatic nitrogens is 1. The monoisotopic (exact) mass is 293 g/mol. The van der Waals surface area contributed by atoms with E-state index in [1.165, 1.54) is 62.3 Å². The first kappa shape index (κ1) is 14.5. The van der Waals surface area contributed by atoms with Gasteiger partial charge in [0.05, 0.1) is 11.7 Å². The Hall–Kier alpha value is -0.450. The summed E-state index contributed by atoms with van der Waals surface area (Å²) in [5, 5.41) is 7.17. The minimum Gasteiger partial charge on any atom is -0.314 e. The summed E-state index contributed by atoms with van der Waals surface area (Å²) in [5.41, 5.74) is 1.39. The second-order valence-corrected chi connectivity index (χ2v) is 7.07. The highest BCUT2D eigenvalue weighted by Gasteiger charge is 2.26. The van der Waals surface area contributed by atoms with Crippen LogP contribution in [0.25, 0.3) is 0 Å². The molecule has 1 aromatic rings. The Morgan fingerprint density at radius 1 is 1.35 bits per heavy atom. The van der Waals surface area contributed by atoms with E-state index in [2.05, 4.69) is 22.5 Å². The predicted octanol–water partition coefficient (Wildman–Crippen LogP) is 3.55. The zero-order valence-corrected chi connectivity index (χ0v) is 13.4. The third-order valence-corrected chi connectivity index (χ3v) is 5.72. The summed E-state index contributed by atoms with van der Waals surface area (Å²) in [6.45, 7) is 6.88. The van der Waals surface area contributed by atoms with Gasteiger partial charge in [0.2, 0.25) is 0 Å². The molecule has 0 bridgehead atoms. The topological polar surface area (TPSA) is 28.2 Å². The van der Waals surface area contributed by atoms with Gasteiger partial charge in [-0.25, -0.2) is 4.98 Å². The Labute approximate surface area is 126 Å². The van der Waals surface area contributed by atoms with E-state index < -0.39 is 0 Å². The predicted molar refractivity (Wildman–Crippen MR) is 85.4 cm³/mol. The molecule has 0 amide bonds. The molecule has 0 radical (unpaired) electrons. The lowest BCUT2D eigenvalue weighted by Gasteiger charge is -2.33. The van der Waals surface area contributed by atoms with Crippen LogP contribution in [0, 0.1) is 0 Å². The summed E-state index contributed by atoms with van der Waals surface area (Å²) >= 11 is 1.90. The van der Waals surface area contributed by atoms with Crippen molar-refractivity contribution in [2.45, 2.75) is 57.4 Å². The van der Waals surface area contributed by atoms with Crippen LogP contribution in [-0.2, 0) is 0 Å². The molecule has 1 aliphatic heterocycles. The summed E-state index contributed by atoms with van der Waals surface area (Å²) in [5.74, 6) is 0.755. The van der Waals surface area contributed by atoms with Gasteiger partial charge in [0, 0.05) is 37.5 Å². The van der Waals surface area contributed by atoms with Crippen LogP contribution >= 0.6 is 11.3 Å². The van der Waals surface area contributed by atoms with Crippen molar-refractivity contribution in [1.29, 1.82) is 0 Å². The van der Waals surface area contributed by atoms with Crippen molar-refractivity contribution in [3.05, 3.63) is 16.1 Å². The number of nitrogens with zero attached hydrogens (tertiary/aromatic N) is 2. The maximum Gasteiger partial charge on any atom is 0.110 e. The zero-order valence-electron chi connectivity index (χ0n) is 12.6. The van der Waals surface area contributed by atoms with Crippen LogP contribution in [0.1, 0.15) is 68.1 Å². The number of hydrogen-bond donors (Lipinski definition) is 1. The molecule has 2 aliphatic rings. The molecule has 1 aromatic heterocycles. The van der Waals surface area contributed by atoms with E-state index in [9.17, 15) is 0 Å². The summed E-state index contributed by atoms with van der Waals surface area (Å²) in [6.07, 6.45) is 8.00. The van der Waals surface area contributed by atoms with E-state index in [-0.39, 0.29) is 0 Å². The molecule has 0 aromatic carbocycles. The van der Waals surface area contributed by atoms with Crippen molar-refractivity contribution >= 4 is 11.3 Å². The quantitative estimate of drug-likeness (QED) is 0.900. The molecule has 1 saturated heterocycles.